The second kappa shape index (κ2) is 3.50. The van der Waals surface area contributed by atoms with Crippen LogP contribution in [0.3, 0.4) is 0 Å². The van der Waals surface area contributed by atoms with Crippen LogP contribution >= 0.6 is 27.3 Å². The van der Waals surface area contributed by atoms with Crippen LogP contribution < -0.4 is 0 Å². The smallest absolute Gasteiger partial charge is 0.170 e. The van der Waals surface area contributed by atoms with Crippen LogP contribution in [-0.2, 0) is 6.42 Å². The van der Waals surface area contributed by atoms with Crippen LogP contribution in [0.4, 0.5) is 0 Å². The van der Waals surface area contributed by atoms with Crippen LogP contribution in [0.2, 0.25) is 0 Å². The zero-order valence-electron chi connectivity index (χ0n) is 6.48. The molecule has 3 heteroatoms. The van der Waals surface area contributed by atoms with Gasteiger partial charge >= 0.3 is 0 Å². The predicted molar refractivity (Wildman–Crippen MR) is 51.4 cm³/mol. The third-order valence-corrected chi connectivity index (χ3v) is 3.67. The van der Waals surface area contributed by atoms with E-state index in [2.05, 4.69) is 22.9 Å². The maximum Gasteiger partial charge on any atom is 0.170 e. The predicted octanol–water partition coefficient (Wildman–Crippen LogP) is 3.28. The van der Waals surface area contributed by atoms with E-state index in [4.69, 9.17) is 0 Å². The van der Waals surface area contributed by atoms with Gasteiger partial charge in [-0.2, -0.15) is 0 Å². The van der Waals surface area contributed by atoms with E-state index < -0.39 is 0 Å². The van der Waals surface area contributed by atoms with E-state index in [0.717, 1.165) is 15.8 Å². The Balaban J connectivity index is 3.07. The fraction of sp³-hybridized carbons (Fsp3) is 0.375. The number of rotatable bonds is 2. The number of aryl methyl sites for hydroxylation is 1. The Morgan fingerprint density at radius 1 is 1.73 bits per heavy atom. The molecule has 0 aliphatic carbocycles. The summed E-state index contributed by atoms with van der Waals surface area (Å²) >= 11 is 4.92. The maximum absolute atomic E-state index is 11.0. The number of hydrogen-bond acceptors (Lipinski definition) is 2. The lowest BCUT2D eigenvalue weighted by molar-refractivity contribution is 0.102. The topological polar surface area (TPSA) is 17.1 Å². The molecule has 0 atom stereocenters. The lowest BCUT2D eigenvalue weighted by Gasteiger charge is -1.86. The maximum atomic E-state index is 11.0. The van der Waals surface area contributed by atoms with Gasteiger partial charge in [-0.3, -0.25) is 4.79 Å². The molecule has 0 radical (unpaired) electrons. The molecule has 1 aromatic heterocycles. The molecule has 0 aliphatic rings. The molecule has 1 rings (SSSR count). The molecule has 1 heterocycles. The summed E-state index contributed by atoms with van der Waals surface area (Å²) in [7, 11) is 0. The van der Waals surface area contributed by atoms with E-state index in [0.29, 0.717) is 0 Å². The fourth-order valence-electron chi connectivity index (χ4n) is 0.830. The first kappa shape index (κ1) is 8.94. The van der Waals surface area contributed by atoms with Crippen molar-refractivity contribution < 1.29 is 4.79 Å². The van der Waals surface area contributed by atoms with E-state index in [9.17, 15) is 4.79 Å². The molecule has 0 saturated heterocycles. The van der Waals surface area contributed by atoms with Crippen LogP contribution in [0.5, 0.6) is 0 Å². The Bertz CT molecular complexity index is 278. The normalized spacial score (nSPS) is 10.1. The number of hydrogen-bond donors (Lipinski definition) is 0. The largest absolute Gasteiger partial charge is 0.294 e. The average molecular weight is 233 g/mol. The minimum atomic E-state index is 0.140. The Morgan fingerprint density at radius 2 is 2.36 bits per heavy atom. The fourth-order valence-corrected chi connectivity index (χ4v) is 2.66. The zero-order chi connectivity index (χ0) is 8.43. The first-order valence-corrected chi connectivity index (χ1v) is 5.05. The quantitative estimate of drug-likeness (QED) is 0.716. The van der Waals surface area contributed by atoms with Gasteiger partial charge < -0.3 is 0 Å². The molecular formula is C8H9BrOS. The lowest BCUT2D eigenvalue weighted by atomic mass is 10.3. The highest BCUT2D eigenvalue weighted by Crippen LogP contribution is 2.27. The van der Waals surface area contributed by atoms with E-state index in [1.54, 1.807) is 18.3 Å². The highest BCUT2D eigenvalue weighted by molar-refractivity contribution is 9.10. The monoisotopic (exact) mass is 232 g/mol. The van der Waals surface area contributed by atoms with Crippen molar-refractivity contribution in [2.75, 3.05) is 0 Å². The van der Waals surface area contributed by atoms with Crippen LogP contribution in [0, 0.1) is 0 Å². The van der Waals surface area contributed by atoms with Crippen molar-refractivity contribution >= 4 is 33.0 Å². The number of ketones is 1. The van der Waals surface area contributed by atoms with E-state index in [-0.39, 0.29) is 5.78 Å². The molecule has 0 N–H and O–H groups in total. The van der Waals surface area contributed by atoms with Crippen molar-refractivity contribution in [3.8, 4) is 0 Å². The molecule has 0 spiro atoms. The van der Waals surface area contributed by atoms with Crippen LogP contribution in [0.25, 0.3) is 0 Å². The van der Waals surface area contributed by atoms with Gasteiger partial charge in [0.05, 0.1) is 4.88 Å². The molecule has 0 aliphatic heterocycles. The van der Waals surface area contributed by atoms with Crippen LogP contribution in [0.15, 0.2) is 10.5 Å². The van der Waals surface area contributed by atoms with Gasteiger partial charge in [-0.15, -0.1) is 11.3 Å². The Labute approximate surface area is 78.6 Å². The number of halogens is 1. The summed E-state index contributed by atoms with van der Waals surface area (Å²) in [4.78, 5) is 13.1. The summed E-state index contributed by atoms with van der Waals surface area (Å²) in [6, 6.07) is 2.02. The molecule has 0 fully saturated rings. The summed E-state index contributed by atoms with van der Waals surface area (Å²) in [6.45, 7) is 3.68. The molecule has 60 valence electrons. The third kappa shape index (κ3) is 1.91. The molecule has 1 nitrogen and oxygen atoms in total. The number of carbonyl (C=O) groups excluding carboxylic acids is 1. The lowest BCUT2D eigenvalue weighted by Crippen LogP contribution is -1.85. The van der Waals surface area contributed by atoms with Crippen molar-refractivity contribution in [2.24, 2.45) is 0 Å². The minimum Gasteiger partial charge on any atom is -0.294 e. The van der Waals surface area contributed by atoms with E-state index in [1.807, 2.05) is 6.07 Å². The highest BCUT2D eigenvalue weighted by Gasteiger charge is 2.08. The second-order valence-electron chi connectivity index (χ2n) is 2.30. The summed E-state index contributed by atoms with van der Waals surface area (Å²) in [6.07, 6.45) is 0.997. The van der Waals surface area contributed by atoms with Gasteiger partial charge in [0.25, 0.3) is 0 Å². The molecule has 0 aromatic carbocycles. The van der Waals surface area contributed by atoms with Crippen molar-refractivity contribution in [3.63, 3.8) is 0 Å². The standard InChI is InChI=1S/C8H9BrOS/c1-3-6-4-7(9)8(11-6)5(2)10/h4H,3H2,1-2H3. The van der Waals surface area contributed by atoms with Gasteiger partial charge in [0.2, 0.25) is 0 Å². The SMILES string of the molecule is CCc1cc(Br)c(C(C)=O)s1. The molecule has 1 aromatic rings. The Morgan fingerprint density at radius 3 is 2.64 bits per heavy atom. The molecular weight excluding hydrogens is 224 g/mol. The van der Waals surface area contributed by atoms with E-state index >= 15 is 0 Å². The molecule has 0 amide bonds. The zero-order valence-corrected chi connectivity index (χ0v) is 8.88. The Kier molecular flexibility index (Phi) is 2.84. The molecule has 0 saturated carbocycles. The van der Waals surface area contributed by atoms with Gasteiger partial charge in [-0.05, 0) is 35.3 Å². The number of carbonyl (C=O) groups is 1. The summed E-state index contributed by atoms with van der Waals surface area (Å²) < 4.78 is 0.937. The Hall–Kier alpha value is -0.150. The number of thiophene rings is 1. The first-order chi connectivity index (χ1) is 5.15. The second-order valence-corrected chi connectivity index (χ2v) is 4.29. The van der Waals surface area contributed by atoms with Gasteiger partial charge in [0.15, 0.2) is 5.78 Å². The van der Waals surface area contributed by atoms with Crippen LogP contribution in [0.1, 0.15) is 28.4 Å². The highest BCUT2D eigenvalue weighted by atomic mass is 79.9. The average Bonchev–Trinajstić information content (AvgIpc) is 2.30. The minimum absolute atomic E-state index is 0.140. The summed E-state index contributed by atoms with van der Waals surface area (Å²) in [5, 5.41) is 0. The van der Waals surface area contributed by atoms with Crippen molar-refractivity contribution in [1.29, 1.82) is 0 Å². The van der Waals surface area contributed by atoms with Gasteiger partial charge in [0.1, 0.15) is 0 Å². The van der Waals surface area contributed by atoms with Crippen molar-refractivity contribution in [1.82, 2.24) is 0 Å². The molecule has 0 unspecified atom stereocenters. The first-order valence-electron chi connectivity index (χ1n) is 3.44. The van der Waals surface area contributed by atoms with Gasteiger partial charge in [0, 0.05) is 9.35 Å². The van der Waals surface area contributed by atoms with E-state index in [1.165, 1.54) is 4.88 Å². The summed E-state index contributed by atoms with van der Waals surface area (Å²) in [5.41, 5.74) is 0. The van der Waals surface area contributed by atoms with Crippen molar-refractivity contribution in [2.45, 2.75) is 20.3 Å². The van der Waals surface area contributed by atoms with Gasteiger partial charge in [-0.1, -0.05) is 6.92 Å². The van der Waals surface area contributed by atoms with Gasteiger partial charge in [-0.25, -0.2) is 0 Å². The van der Waals surface area contributed by atoms with Crippen LogP contribution in [-0.4, -0.2) is 5.78 Å². The summed E-state index contributed by atoms with van der Waals surface area (Å²) in [5.74, 6) is 0.140. The molecule has 0 bridgehead atoms. The third-order valence-electron chi connectivity index (χ3n) is 1.41. The van der Waals surface area contributed by atoms with Crippen molar-refractivity contribution in [3.05, 3.63) is 20.3 Å². The number of Topliss-reactive ketones (excluding diaryl/α,β-unsaturated/α-hetero) is 1. The molecule has 11 heavy (non-hydrogen) atoms.